The van der Waals surface area contributed by atoms with Crippen molar-refractivity contribution < 1.29 is 19.5 Å². The topological polar surface area (TPSA) is 68.1 Å². The highest BCUT2D eigenvalue weighted by Crippen LogP contribution is 2.66. The van der Waals surface area contributed by atoms with E-state index in [2.05, 4.69) is 42.8 Å². The van der Waals surface area contributed by atoms with E-state index >= 15 is 0 Å². The van der Waals surface area contributed by atoms with E-state index in [1.54, 1.807) is 0 Å². The molecule has 5 nitrogen and oxygen atoms in total. The lowest BCUT2D eigenvalue weighted by Gasteiger charge is -2.58. The molecule has 5 heteroatoms. The molecule has 4 aliphatic carbocycles. The molecule has 0 unspecified atom stereocenters. The lowest BCUT2D eigenvalue weighted by atomic mass is 9.47. The standard InChI is InChI=1S/C23H33NO4/c1-21-10-7-16(24-28-14-20(25)27-4)13-15(21)5-6-17-18(21)8-11-22(2)19(17)9-12-23(22,3)26/h7,10,13,17-19,26H,5-6,8-9,11-12,14H2,1-4H3/b24-16+/t17-,18+,19+,21+,22+,23-/m1/s1. The van der Waals surface area contributed by atoms with Crippen molar-refractivity contribution in [1.82, 2.24) is 0 Å². The van der Waals surface area contributed by atoms with Gasteiger partial charge in [0.25, 0.3) is 0 Å². The van der Waals surface area contributed by atoms with Crippen LogP contribution in [-0.2, 0) is 14.4 Å². The van der Waals surface area contributed by atoms with Gasteiger partial charge in [0, 0.05) is 5.41 Å². The van der Waals surface area contributed by atoms with Gasteiger partial charge in [0.05, 0.1) is 12.7 Å². The van der Waals surface area contributed by atoms with Crippen molar-refractivity contribution in [2.75, 3.05) is 13.7 Å². The Hall–Kier alpha value is -1.62. The summed E-state index contributed by atoms with van der Waals surface area (Å²) < 4.78 is 4.57. The van der Waals surface area contributed by atoms with Crippen molar-refractivity contribution in [2.24, 2.45) is 33.7 Å². The Balaban J connectivity index is 1.54. The summed E-state index contributed by atoms with van der Waals surface area (Å²) >= 11 is 0. The Morgan fingerprint density at radius 3 is 2.71 bits per heavy atom. The van der Waals surface area contributed by atoms with Gasteiger partial charge in [0.2, 0.25) is 6.61 Å². The highest BCUT2D eigenvalue weighted by molar-refractivity contribution is 6.05. The quantitative estimate of drug-likeness (QED) is 0.587. The minimum Gasteiger partial charge on any atom is -0.466 e. The summed E-state index contributed by atoms with van der Waals surface area (Å²) in [6, 6.07) is 0. The fourth-order valence-electron chi connectivity index (χ4n) is 6.73. The molecule has 0 amide bonds. The van der Waals surface area contributed by atoms with Gasteiger partial charge in [-0.05, 0) is 80.8 Å². The van der Waals surface area contributed by atoms with Crippen molar-refractivity contribution in [1.29, 1.82) is 0 Å². The first-order valence-electron chi connectivity index (χ1n) is 10.6. The molecule has 1 N–H and O–H groups in total. The van der Waals surface area contributed by atoms with Crippen LogP contribution in [0.3, 0.4) is 0 Å². The molecule has 0 aromatic carbocycles. The zero-order chi connectivity index (χ0) is 20.2. The van der Waals surface area contributed by atoms with Gasteiger partial charge < -0.3 is 14.7 Å². The number of hydrogen-bond donors (Lipinski definition) is 1. The summed E-state index contributed by atoms with van der Waals surface area (Å²) in [4.78, 5) is 16.3. The van der Waals surface area contributed by atoms with Crippen molar-refractivity contribution in [3.8, 4) is 0 Å². The molecule has 0 heterocycles. The minimum absolute atomic E-state index is 0.0540. The van der Waals surface area contributed by atoms with E-state index in [4.69, 9.17) is 4.84 Å². The molecule has 4 aliphatic rings. The molecule has 0 aliphatic heterocycles. The van der Waals surface area contributed by atoms with Gasteiger partial charge in [0.1, 0.15) is 5.71 Å². The average Bonchev–Trinajstić information content (AvgIpc) is 2.91. The number of rotatable bonds is 3. The highest BCUT2D eigenvalue weighted by atomic mass is 16.6. The number of oxime groups is 1. The Morgan fingerprint density at radius 1 is 1.21 bits per heavy atom. The van der Waals surface area contributed by atoms with E-state index in [1.807, 2.05) is 6.08 Å². The van der Waals surface area contributed by atoms with Gasteiger partial charge in [-0.2, -0.15) is 0 Å². The third kappa shape index (κ3) is 2.85. The second kappa shape index (κ2) is 6.72. The van der Waals surface area contributed by atoms with Crippen LogP contribution in [0.25, 0.3) is 0 Å². The van der Waals surface area contributed by atoms with E-state index in [9.17, 15) is 9.90 Å². The van der Waals surface area contributed by atoms with Crippen molar-refractivity contribution in [2.45, 2.75) is 64.9 Å². The van der Waals surface area contributed by atoms with Crippen LogP contribution < -0.4 is 0 Å². The van der Waals surface area contributed by atoms with Gasteiger partial charge in [-0.15, -0.1) is 0 Å². The number of nitrogens with zero attached hydrogens (tertiary/aromatic N) is 1. The Labute approximate surface area is 167 Å². The molecule has 0 spiro atoms. The molecule has 0 bridgehead atoms. The van der Waals surface area contributed by atoms with Crippen LogP contribution in [0.5, 0.6) is 0 Å². The number of hydrogen-bond acceptors (Lipinski definition) is 5. The SMILES string of the molecule is COC(=O)CO/N=C1\C=C[C@@]2(C)C(=C1)CC[C@@H]1[C@@H]2CC[C@@]2(C)[C@H]1CC[C@@]2(C)O. The first-order chi connectivity index (χ1) is 13.2. The molecule has 0 saturated heterocycles. The first-order valence-corrected chi connectivity index (χ1v) is 10.6. The first kappa shape index (κ1) is 19.7. The molecule has 6 atom stereocenters. The molecular formula is C23H33NO4. The maximum atomic E-state index is 11.2. The lowest BCUT2D eigenvalue weighted by Crippen LogP contribution is -2.53. The van der Waals surface area contributed by atoms with Crippen LogP contribution in [0.15, 0.2) is 29.0 Å². The highest BCUT2D eigenvalue weighted by Gasteiger charge is 2.61. The number of carbonyl (C=O) groups excluding carboxylic acids is 1. The third-order valence-electron chi connectivity index (χ3n) is 8.71. The van der Waals surface area contributed by atoms with Crippen LogP contribution in [0.2, 0.25) is 0 Å². The summed E-state index contributed by atoms with van der Waals surface area (Å²) in [5, 5.41) is 15.1. The van der Waals surface area contributed by atoms with E-state index in [0.29, 0.717) is 17.8 Å². The summed E-state index contributed by atoms with van der Waals surface area (Å²) in [6.45, 7) is 6.59. The van der Waals surface area contributed by atoms with Crippen LogP contribution >= 0.6 is 0 Å². The molecule has 154 valence electrons. The normalized spacial score (nSPS) is 45.7. The van der Waals surface area contributed by atoms with Crippen molar-refractivity contribution >= 4 is 11.7 Å². The van der Waals surface area contributed by atoms with Crippen LogP contribution in [0.1, 0.15) is 59.3 Å². The van der Waals surface area contributed by atoms with E-state index in [0.717, 1.165) is 37.8 Å². The second-order valence-electron chi connectivity index (χ2n) is 9.84. The maximum Gasteiger partial charge on any atom is 0.346 e. The number of aliphatic hydroxyl groups is 1. The third-order valence-corrected chi connectivity index (χ3v) is 8.71. The number of ether oxygens (including phenoxy) is 1. The second-order valence-corrected chi connectivity index (χ2v) is 9.84. The number of fused-ring (bicyclic) bond motifs is 5. The van der Waals surface area contributed by atoms with Gasteiger partial charge in [0.15, 0.2) is 0 Å². The van der Waals surface area contributed by atoms with E-state index < -0.39 is 11.6 Å². The van der Waals surface area contributed by atoms with Crippen LogP contribution in [-0.4, -0.2) is 36.1 Å². The van der Waals surface area contributed by atoms with Gasteiger partial charge in [-0.3, -0.25) is 0 Å². The van der Waals surface area contributed by atoms with Gasteiger partial charge in [-0.25, -0.2) is 4.79 Å². The van der Waals surface area contributed by atoms with E-state index in [-0.39, 0.29) is 17.4 Å². The fraction of sp³-hybridized carbons (Fsp3) is 0.739. The lowest BCUT2D eigenvalue weighted by molar-refractivity contribution is -0.145. The Kier molecular flexibility index (Phi) is 4.72. The monoisotopic (exact) mass is 387 g/mol. The minimum atomic E-state index is -0.529. The zero-order valence-corrected chi connectivity index (χ0v) is 17.5. The molecule has 0 aromatic rings. The predicted molar refractivity (Wildman–Crippen MR) is 108 cm³/mol. The Bertz CT molecular complexity index is 752. The summed E-state index contributed by atoms with van der Waals surface area (Å²) in [7, 11) is 1.34. The fourth-order valence-corrected chi connectivity index (χ4v) is 6.73. The summed E-state index contributed by atoms with van der Waals surface area (Å²) in [5.74, 6) is 1.48. The maximum absolute atomic E-state index is 11.2. The van der Waals surface area contributed by atoms with Gasteiger partial charge in [-0.1, -0.05) is 30.7 Å². The number of esters is 1. The van der Waals surface area contributed by atoms with Crippen LogP contribution in [0, 0.1) is 28.6 Å². The largest absolute Gasteiger partial charge is 0.466 e. The predicted octanol–water partition coefficient (Wildman–Crippen LogP) is 4.02. The molecular weight excluding hydrogens is 354 g/mol. The number of methoxy groups -OCH3 is 1. The Morgan fingerprint density at radius 2 is 1.96 bits per heavy atom. The molecule has 28 heavy (non-hydrogen) atoms. The molecule has 3 fully saturated rings. The van der Waals surface area contributed by atoms with Gasteiger partial charge >= 0.3 is 5.97 Å². The zero-order valence-electron chi connectivity index (χ0n) is 17.5. The smallest absolute Gasteiger partial charge is 0.346 e. The molecule has 0 radical (unpaired) electrons. The molecule has 4 rings (SSSR count). The molecule has 0 aromatic heterocycles. The molecule has 3 saturated carbocycles. The average molecular weight is 388 g/mol. The van der Waals surface area contributed by atoms with Crippen molar-refractivity contribution in [3.63, 3.8) is 0 Å². The summed E-state index contributed by atoms with van der Waals surface area (Å²) in [5.41, 5.74) is 1.77. The van der Waals surface area contributed by atoms with Crippen LogP contribution in [0.4, 0.5) is 0 Å². The van der Waals surface area contributed by atoms with E-state index in [1.165, 1.54) is 19.1 Å². The number of carbonyl (C=O) groups is 1. The van der Waals surface area contributed by atoms with Crippen molar-refractivity contribution in [3.05, 3.63) is 23.8 Å². The number of allylic oxidation sites excluding steroid dienone is 4. The summed E-state index contributed by atoms with van der Waals surface area (Å²) in [6.07, 6.45) is 13.1.